The van der Waals surface area contributed by atoms with Gasteiger partial charge in [0.1, 0.15) is 5.82 Å². The van der Waals surface area contributed by atoms with E-state index in [0.29, 0.717) is 5.56 Å². The number of carbonyl (C=O) groups excluding carboxylic acids is 1. The Kier molecular flexibility index (Phi) is 3.59. The highest BCUT2D eigenvalue weighted by Gasteiger charge is 2.12. The molecule has 4 heteroatoms. The first-order valence-electron chi connectivity index (χ1n) is 6.84. The lowest BCUT2D eigenvalue weighted by molar-refractivity contribution is 0.0601. The van der Waals surface area contributed by atoms with Gasteiger partial charge in [-0.05, 0) is 53.9 Å². The Morgan fingerprint density at radius 1 is 1.14 bits per heavy atom. The third-order valence-electron chi connectivity index (χ3n) is 3.61. The number of esters is 1. The maximum absolute atomic E-state index is 13.2. The van der Waals surface area contributed by atoms with Crippen LogP contribution in [0.25, 0.3) is 22.0 Å². The van der Waals surface area contributed by atoms with Gasteiger partial charge in [-0.1, -0.05) is 12.1 Å². The molecule has 3 aromatic rings. The summed E-state index contributed by atoms with van der Waals surface area (Å²) in [6.07, 6.45) is 1.78. The molecule has 0 radical (unpaired) electrons. The molecule has 0 aliphatic carbocycles. The van der Waals surface area contributed by atoms with Gasteiger partial charge in [0.25, 0.3) is 0 Å². The van der Waals surface area contributed by atoms with Crippen LogP contribution in [0, 0.1) is 12.7 Å². The van der Waals surface area contributed by atoms with Gasteiger partial charge in [0.15, 0.2) is 0 Å². The molecule has 0 unspecified atom stereocenters. The molecule has 0 spiro atoms. The van der Waals surface area contributed by atoms with E-state index in [-0.39, 0.29) is 5.82 Å². The Morgan fingerprint density at radius 2 is 1.86 bits per heavy atom. The molecule has 3 nitrogen and oxygen atoms in total. The van der Waals surface area contributed by atoms with E-state index >= 15 is 0 Å². The predicted octanol–water partition coefficient (Wildman–Crippen LogP) is 4.14. The highest BCUT2D eigenvalue weighted by molar-refractivity contribution is 6.01. The number of aryl methyl sites for hydroxylation is 1. The monoisotopic (exact) mass is 295 g/mol. The second-order valence-corrected chi connectivity index (χ2v) is 5.05. The fourth-order valence-corrected chi connectivity index (χ4v) is 2.54. The van der Waals surface area contributed by atoms with Gasteiger partial charge in [0.05, 0.1) is 18.2 Å². The molecule has 3 rings (SSSR count). The first kappa shape index (κ1) is 14.2. The number of hydrogen-bond donors (Lipinski definition) is 0. The topological polar surface area (TPSA) is 39.2 Å². The van der Waals surface area contributed by atoms with Crippen LogP contribution in [0.1, 0.15) is 15.9 Å². The summed E-state index contributed by atoms with van der Waals surface area (Å²) in [5, 5.41) is 0.842. The van der Waals surface area contributed by atoms with Crippen molar-refractivity contribution in [3.63, 3.8) is 0 Å². The Balaban J connectivity index is 2.29. The average Bonchev–Trinajstić information content (AvgIpc) is 2.54. The number of pyridine rings is 1. The van der Waals surface area contributed by atoms with Crippen molar-refractivity contribution in [3.8, 4) is 11.1 Å². The second kappa shape index (κ2) is 5.56. The zero-order chi connectivity index (χ0) is 15.7. The van der Waals surface area contributed by atoms with Crippen LogP contribution in [-0.2, 0) is 4.74 Å². The SMILES string of the molecule is COC(=O)c1ccc2ncc(C)c(-c3ccc(F)cc3)c2c1. The largest absolute Gasteiger partial charge is 0.465 e. The molecular weight excluding hydrogens is 281 g/mol. The van der Waals surface area contributed by atoms with Gasteiger partial charge in [0, 0.05) is 11.6 Å². The molecule has 0 aliphatic heterocycles. The number of hydrogen-bond acceptors (Lipinski definition) is 3. The number of aromatic nitrogens is 1. The van der Waals surface area contributed by atoms with Crippen LogP contribution in [0.4, 0.5) is 4.39 Å². The Labute approximate surface area is 127 Å². The molecule has 0 N–H and O–H groups in total. The van der Waals surface area contributed by atoms with E-state index in [1.807, 2.05) is 6.92 Å². The molecule has 0 saturated heterocycles. The zero-order valence-electron chi connectivity index (χ0n) is 12.3. The van der Waals surface area contributed by atoms with Gasteiger partial charge in [-0.3, -0.25) is 4.98 Å². The smallest absolute Gasteiger partial charge is 0.337 e. The van der Waals surface area contributed by atoms with Crippen LogP contribution in [-0.4, -0.2) is 18.1 Å². The van der Waals surface area contributed by atoms with Crippen molar-refractivity contribution < 1.29 is 13.9 Å². The average molecular weight is 295 g/mol. The highest BCUT2D eigenvalue weighted by Crippen LogP contribution is 2.31. The molecule has 0 fully saturated rings. The molecule has 0 saturated carbocycles. The van der Waals surface area contributed by atoms with Gasteiger partial charge in [-0.15, -0.1) is 0 Å². The van der Waals surface area contributed by atoms with Gasteiger partial charge < -0.3 is 4.74 Å². The molecule has 0 atom stereocenters. The van der Waals surface area contributed by atoms with Crippen molar-refractivity contribution in [2.24, 2.45) is 0 Å². The van der Waals surface area contributed by atoms with E-state index in [9.17, 15) is 9.18 Å². The van der Waals surface area contributed by atoms with Crippen LogP contribution in [0.5, 0.6) is 0 Å². The normalized spacial score (nSPS) is 10.7. The van der Waals surface area contributed by atoms with Gasteiger partial charge in [0.2, 0.25) is 0 Å². The third kappa shape index (κ3) is 2.44. The Hall–Kier alpha value is -2.75. The van der Waals surface area contributed by atoms with Crippen molar-refractivity contribution in [1.82, 2.24) is 4.98 Å². The number of benzene rings is 2. The van der Waals surface area contributed by atoms with E-state index in [1.165, 1.54) is 19.2 Å². The maximum Gasteiger partial charge on any atom is 0.337 e. The standard InChI is InChI=1S/C18H14FNO2/c1-11-10-20-16-8-5-13(18(21)22-2)9-15(16)17(11)12-3-6-14(19)7-4-12/h3-10H,1-2H3. The number of nitrogens with zero attached hydrogens (tertiary/aromatic N) is 1. The molecular formula is C18H14FNO2. The van der Waals surface area contributed by atoms with Crippen LogP contribution in [0.15, 0.2) is 48.7 Å². The molecule has 0 bridgehead atoms. The van der Waals surface area contributed by atoms with Crippen molar-refractivity contribution in [2.75, 3.05) is 7.11 Å². The van der Waals surface area contributed by atoms with E-state index in [2.05, 4.69) is 4.98 Å². The van der Waals surface area contributed by atoms with Crippen molar-refractivity contribution in [2.45, 2.75) is 6.92 Å². The lowest BCUT2D eigenvalue weighted by Gasteiger charge is -2.11. The zero-order valence-corrected chi connectivity index (χ0v) is 12.3. The minimum absolute atomic E-state index is 0.282. The molecule has 22 heavy (non-hydrogen) atoms. The van der Waals surface area contributed by atoms with Crippen LogP contribution in [0.3, 0.4) is 0 Å². The van der Waals surface area contributed by atoms with Crippen molar-refractivity contribution in [3.05, 3.63) is 65.6 Å². The first-order chi connectivity index (χ1) is 10.6. The summed E-state index contributed by atoms with van der Waals surface area (Å²) < 4.78 is 17.9. The summed E-state index contributed by atoms with van der Waals surface area (Å²) in [6.45, 7) is 1.94. The number of rotatable bonds is 2. The van der Waals surface area contributed by atoms with E-state index in [0.717, 1.165) is 27.6 Å². The fraction of sp³-hybridized carbons (Fsp3) is 0.111. The summed E-state index contributed by atoms with van der Waals surface area (Å²) in [6, 6.07) is 11.5. The Morgan fingerprint density at radius 3 is 2.55 bits per heavy atom. The van der Waals surface area contributed by atoms with E-state index < -0.39 is 5.97 Å². The van der Waals surface area contributed by atoms with Gasteiger partial charge >= 0.3 is 5.97 Å². The van der Waals surface area contributed by atoms with Gasteiger partial charge in [-0.25, -0.2) is 9.18 Å². The summed E-state index contributed by atoms with van der Waals surface area (Å²) >= 11 is 0. The van der Waals surface area contributed by atoms with Crippen molar-refractivity contribution >= 4 is 16.9 Å². The Bertz CT molecular complexity index is 857. The third-order valence-corrected chi connectivity index (χ3v) is 3.61. The summed E-state index contributed by atoms with van der Waals surface area (Å²) in [7, 11) is 1.35. The van der Waals surface area contributed by atoms with Crippen molar-refractivity contribution in [1.29, 1.82) is 0 Å². The lowest BCUT2D eigenvalue weighted by Crippen LogP contribution is -2.01. The summed E-state index contributed by atoms with van der Waals surface area (Å²) in [4.78, 5) is 16.1. The van der Waals surface area contributed by atoms with E-state index in [1.54, 1.807) is 36.5 Å². The maximum atomic E-state index is 13.2. The quantitative estimate of drug-likeness (QED) is 0.667. The fourth-order valence-electron chi connectivity index (χ4n) is 2.54. The van der Waals surface area contributed by atoms with Crippen LogP contribution in [0.2, 0.25) is 0 Å². The number of carbonyl (C=O) groups is 1. The number of fused-ring (bicyclic) bond motifs is 1. The van der Waals surface area contributed by atoms with Crippen LogP contribution < -0.4 is 0 Å². The highest BCUT2D eigenvalue weighted by atomic mass is 19.1. The van der Waals surface area contributed by atoms with E-state index in [4.69, 9.17) is 4.74 Å². The first-order valence-corrected chi connectivity index (χ1v) is 6.84. The summed E-state index contributed by atoms with van der Waals surface area (Å²) in [5.41, 5.74) is 4.02. The summed E-state index contributed by atoms with van der Waals surface area (Å²) in [5.74, 6) is -0.677. The minimum Gasteiger partial charge on any atom is -0.465 e. The van der Waals surface area contributed by atoms with Crippen LogP contribution >= 0.6 is 0 Å². The lowest BCUT2D eigenvalue weighted by atomic mass is 9.96. The molecule has 2 aromatic carbocycles. The number of methoxy groups -OCH3 is 1. The number of ether oxygens (including phenoxy) is 1. The predicted molar refractivity (Wildman–Crippen MR) is 83.2 cm³/mol. The molecule has 0 amide bonds. The number of halogens is 1. The van der Waals surface area contributed by atoms with Gasteiger partial charge in [-0.2, -0.15) is 0 Å². The second-order valence-electron chi connectivity index (χ2n) is 5.05. The molecule has 1 heterocycles. The molecule has 1 aromatic heterocycles. The molecule has 0 aliphatic rings. The minimum atomic E-state index is -0.395. The molecule has 110 valence electrons.